The molecule has 8 rings (SSSR count). The van der Waals surface area contributed by atoms with Crippen LogP contribution >= 0.6 is 66.1 Å². The summed E-state index contributed by atoms with van der Waals surface area (Å²) in [6.07, 6.45) is 3.90. The van der Waals surface area contributed by atoms with Gasteiger partial charge in [0.15, 0.2) is 16.1 Å². The molecule has 0 saturated carbocycles. The standard InChI is InChI=1S/C18H22BrN5O2S.C12H21N3O2.C6H2BrClN2S/c1-10(2)15-22-17(26-23-15)24-8-6-12(7-9-24)11(3)25-18-20-13-4-5-14(19)21-16(13)27-18;1-8(2)11-13-12(17-14-11)15-6-4-10(5-7-15)9(3)16;7-4-2-1-3-5(10-4)11-6(8)9-3/h4-5,10-12H,6-9H2,1-3H3;8-10,16H,4-7H2,1-3H3;1-2H. The minimum Gasteiger partial charge on any atom is -0.467 e. The van der Waals surface area contributed by atoms with Gasteiger partial charge in [-0.15, -0.1) is 0 Å². The number of thiazole rings is 2. The van der Waals surface area contributed by atoms with E-state index in [4.69, 9.17) is 25.4 Å². The van der Waals surface area contributed by atoms with Crippen molar-refractivity contribution in [2.75, 3.05) is 36.0 Å². The van der Waals surface area contributed by atoms with Crippen LogP contribution < -0.4 is 14.5 Å². The Labute approximate surface area is 349 Å². The Hall–Kier alpha value is -3.03. The molecule has 296 valence electrons. The molecular formula is C36H45Br2ClN10O4S2. The number of hydrogen-bond acceptors (Lipinski definition) is 16. The third-order valence-corrected chi connectivity index (χ3v) is 12.4. The van der Waals surface area contributed by atoms with Crippen LogP contribution in [0.4, 0.5) is 12.0 Å². The lowest BCUT2D eigenvalue weighted by Crippen LogP contribution is -2.38. The largest absolute Gasteiger partial charge is 0.467 e. The molecule has 0 spiro atoms. The monoisotopic (exact) mass is 938 g/mol. The molecule has 0 radical (unpaired) electrons. The summed E-state index contributed by atoms with van der Waals surface area (Å²) in [6, 6.07) is 8.83. The minimum absolute atomic E-state index is 0.102. The molecule has 0 amide bonds. The molecule has 6 aromatic heterocycles. The summed E-state index contributed by atoms with van der Waals surface area (Å²) >= 11 is 15.2. The number of anilines is 2. The Kier molecular flexibility index (Phi) is 14.3. The van der Waals surface area contributed by atoms with E-state index >= 15 is 0 Å². The summed E-state index contributed by atoms with van der Waals surface area (Å²) in [6.45, 7) is 15.8. The van der Waals surface area contributed by atoms with E-state index in [1.54, 1.807) is 0 Å². The first-order valence-electron chi connectivity index (χ1n) is 18.4. The zero-order valence-corrected chi connectivity index (χ0v) is 37.1. The zero-order chi connectivity index (χ0) is 39.2. The molecule has 19 heteroatoms. The Morgan fingerprint density at radius 2 is 1.16 bits per heavy atom. The number of aliphatic hydroxyl groups excluding tert-OH is 1. The molecule has 0 aromatic carbocycles. The molecule has 2 aliphatic heterocycles. The number of hydrogen-bond donors (Lipinski definition) is 1. The third-order valence-electron chi connectivity index (χ3n) is 9.55. The van der Waals surface area contributed by atoms with Gasteiger partial charge in [-0.05, 0) is 107 Å². The van der Waals surface area contributed by atoms with Gasteiger partial charge in [0.05, 0.1) is 6.10 Å². The second-order valence-electron chi connectivity index (χ2n) is 14.3. The molecule has 2 aliphatic rings. The van der Waals surface area contributed by atoms with Crippen LogP contribution in [0.2, 0.25) is 4.47 Å². The van der Waals surface area contributed by atoms with Crippen LogP contribution in [-0.2, 0) is 0 Å². The second-order valence-corrected chi connectivity index (χ2v) is 18.4. The van der Waals surface area contributed by atoms with Gasteiger partial charge in [0.25, 0.3) is 5.19 Å². The van der Waals surface area contributed by atoms with Gasteiger partial charge in [-0.25, -0.2) is 19.9 Å². The van der Waals surface area contributed by atoms with Crippen LogP contribution in [0.5, 0.6) is 5.19 Å². The van der Waals surface area contributed by atoms with Crippen molar-refractivity contribution in [2.24, 2.45) is 11.8 Å². The summed E-state index contributed by atoms with van der Waals surface area (Å²) in [7, 11) is 0. The number of rotatable bonds is 8. The van der Waals surface area contributed by atoms with E-state index in [9.17, 15) is 5.11 Å². The lowest BCUT2D eigenvalue weighted by Gasteiger charge is -2.33. The Morgan fingerprint density at radius 3 is 1.64 bits per heavy atom. The SMILES string of the molecule is CC(C)c1noc(N2CCC(C(C)O)CC2)n1.CC(C)c1noc(N2CCC(C(C)Oc3nc4ccc(Br)nc4s3)CC2)n1.Clc1nc2ccc(Br)nc2s1. The summed E-state index contributed by atoms with van der Waals surface area (Å²) in [5, 5.41) is 18.3. The zero-order valence-electron chi connectivity index (χ0n) is 31.5. The predicted octanol–water partition coefficient (Wildman–Crippen LogP) is 9.54. The van der Waals surface area contributed by atoms with E-state index < -0.39 is 0 Å². The minimum atomic E-state index is -0.217. The average Bonchev–Trinajstić information content (AvgIpc) is 3.98. The number of aliphatic hydroxyl groups is 1. The number of piperidine rings is 2. The summed E-state index contributed by atoms with van der Waals surface area (Å²) in [5.41, 5.74) is 1.72. The molecule has 0 bridgehead atoms. The van der Waals surface area contributed by atoms with Gasteiger partial charge in [-0.3, -0.25) is 0 Å². The van der Waals surface area contributed by atoms with Gasteiger partial charge in [0, 0.05) is 38.0 Å². The summed E-state index contributed by atoms with van der Waals surface area (Å²) in [5.74, 6) is 2.97. The van der Waals surface area contributed by atoms with Gasteiger partial charge >= 0.3 is 12.0 Å². The Morgan fingerprint density at radius 1 is 0.691 bits per heavy atom. The first-order valence-corrected chi connectivity index (χ1v) is 22.0. The maximum Gasteiger partial charge on any atom is 0.324 e. The van der Waals surface area contributed by atoms with Crippen molar-refractivity contribution in [1.29, 1.82) is 0 Å². The number of nitrogens with zero attached hydrogens (tertiary/aromatic N) is 10. The first kappa shape index (κ1) is 41.6. The van der Waals surface area contributed by atoms with Gasteiger partial charge in [-0.2, -0.15) is 9.97 Å². The number of fused-ring (bicyclic) bond motifs is 2. The Balaban J connectivity index is 0.000000156. The summed E-state index contributed by atoms with van der Waals surface area (Å²) < 4.78 is 19.0. The Bertz CT molecular complexity index is 2130. The molecule has 2 atom stereocenters. The van der Waals surface area contributed by atoms with Gasteiger partial charge in [-0.1, -0.05) is 72.3 Å². The lowest BCUT2D eigenvalue weighted by molar-refractivity contribution is 0.109. The van der Waals surface area contributed by atoms with Gasteiger partial charge < -0.3 is 28.7 Å². The van der Waals surface area contributed by atoms with E-state index in [1.165, 1.54) is 22.7 Å². The molecular weight excluding hydrogens is 896 g/mol. The molecule has 14 nitrogen and oxygen atoms in total. The van der Waals surface area contributed by atoms with Crippen molar-refractivity contribution in [2.45, 2.75) is 91.3 Å². The van der Waals surface area contributed by atoms with E-state index in [0.717, 1.165) is 93.4 Å². The highest BCUT2D eigenvalue weighted by molar-refractivity contribution is 9.10. The molecule has 0 aliphatic carbocycles. The van der Waals surface area contributed by atoms with Crippen molar-refractivity contribution in [3.8, 4) is 5.19 Å². The lowest BCUT2D eigenvalue weighted by atomic mass is 9.92. The highest BCUT2D eigenvalue weighted by atomic mass is 79.9. The predicted molar refractivity (Wildman–Crippen MR) is 224 cm³/mol. The maximum atomic E-state index is 9.54. The van der Waals surface area contributed by atoms with Crippen LogP contribution in [-0.4, -0.2) is 83.7 Å². The van der Waals surface area contributed by atoms with E-state index in [-0.39, 0.29) is 18.1 Å². The first-order chi connectivity index (χ1) is 26.3. The van der Waals surface area contributed by atoms with Crippen molar-refractivity contribution in [3.63, 3.8) is 0 Å². The van der Waals surface area contributed by atoms with Crippen molar-refractivity contribution >= 4 is 98.9 Å². The van der Waals surface area contributed by atoms with Gasteiger partial charge in [0.2, 0.25) is 0 Å². The molecule has 8 heterocycles. The van der Waals surface area contributed by atoms with Crippen LogP contribution in [0, 0.1) is 11.8 Å². The van der Waals surface area contributed by atoms with Crippen LogP contribution in [0.25, 0.3) is 20.7 Å². The topological polar surface area (TPSA) is 165 Å². The van der Waals surface area contributed by atoms with E-state index in [1.807, 2.05) is 45.0 Å². The number of halogens is 3. The molecule has 6 aromatic rings. The quantitative estimate of drug-likeness (QED) is 0.143. The molecule has 2 fully saturated rings. The number of aromatic nitrogens is 8. The van der Waals surface area contributed by atoms with E-state index in [0.29, 0.717) is 39.4 Å². The normalized spacial score (nSPS) is 16.7. The highest BCUT2D eigenvalue weighted by Crippen LogP contribution is 2.32. The fourth-order valence-electron chi connectivity index (χ4n) is 6.16. The summed E-state index contributed by atoms with van der Waals surface area (Å²) in [4.78, 5) is 32.1. The second kappa shape index (κ2) is 18.9. The smallest absolute Gasteiger partial charge is 0.324 e. The van der Waals surface area contributed by atoms with Crippen LogP contribution in [0.3, 0.4) is 0 Å². The van der Waals surface area contributed by atoms with Crippen LogP contribution in [0.15, 0.2) is 42.5 Å². The molecule has 2 unspecified atom stereocenters. The highest BCUT2D eigenvalue weighted by Gasteiger charge is 2.29. The maximum absolute atomic E-state index is 9.54. The molecule has 55 heavy (non-hydrogen) atoms. The fraction of sp³-hybridized carbons (Fsp3) is 0.556. The number of ether oxygens (including phenoxy) is 1. The molecule has 2 saturated heterocycles. The molecule has 1 N–H and O–H groups in total. The van der Waals surface area contributed by atoms with Crippen LogP contribution in [0.1, 0.15) is 90.7 Å². The van der Waals surface area contributed by atoms with Crippen molar-refractivity contribution in [1.82, 2.24) is 40.2 Å². The van der Waals surface area contributed by atoms with E-state index in [2.05, 4.69) is 103 Å². The van der Waals surface area contributed by atoms with Crippen molar-refractivity contribution in [3.05, 3.63) is 49.6 Å². The fourth-order valence-corrected chi connectivity index (χ4v) is 8.86. The third kappa shape index (κ3) is 11.1. The average molecular weight is 941 g/mol. The number of pyridine rings is 2. The van der Waals surface area contributed by atoms with Crippen molar-refractivity contribution < 1.29 is 18.9 Å². The van der Waals surface area contributed by atoms with Gasteiger partial charge in [0.1, 0.15) is 36.0 Å².